The number of phenols is 2. The molecule has 0 aliphatic heterocycles. The molecule has 0 saturated carbocycles. The van der Waals surface area contributed by atoms with Gasteiger partial charge in [-0.15, -0.1) is 0 Å². The summed E-state index contributed by atoms with van der Waals surface area (Å²) in [4.78, 5) is 0. The standard InChI is InChI=1S/C15H15F2NO3/c1-9(10-5-12(19)8-13(20)6-10)18-11-3-2-4-14(7-11)21-15(16)17/h2-9,15,18-20H,1H3. The predicted molar refractivity (Wildman–Crippen MR) is 74.9 cm³/mol. The molecule has 2 rings (SSSR count). The van der Waals surface area contributed by atoms with Gasteiger partial charge in [0.1, 0.15) is 17.2 Å². The Morgan fingerprint density at radius 3 is 2.33 bits per heavy atom. The van der Waals surface area contributed by atoms with Gasteiger partial charge in [-0.1, -0.05) is 6.07 Å². The maximum atomic E-state index is 12.2. The van der Waals surface area contributed by atoms with E-state index in [0.717, 1.165) is 0 Å². The van der Waals surface area contributed by atoms with Crippen LogP contribution < -0.4 is 10.1 Å². The van der Waals surface area contributed by atoms with Crippen molar-refractivity contribution in [3.63, 3.8) is 0 Å². The molecule has 3 N–H and O–H groups in total. The number of hydrogen-bond acceptors (Lipinski definition) is 4. The van der Waals surface area contributed by atoms with Gasteiger partial charge < -0.3 is 20.3 Å². The molecule has 0 bridgehead atoms. The number of nitrogens with one attached hydrogen (secondary N) is 1. The van der Waals surface area contributed by atoms with Gasteiger partial charge in [-0.2, -0.15) is 8.78 Å². The molecule has 2 aromatic rings. The molecule has 0 radical (unpaired) electrons. The Morgan fingerprint density at radius 2 is 1.71 bits per heavy atom. The highest BCUT2D eigenvalue weighted by atomic mass is 19.3. The minimum absolute atomic E-state index is 0.0477. The predicted octanol–water partition coefficient (Wildman–Crippen LogP) is 3.87. The van der Waals surface area contributed by atoms with Gasteiger partial charge in [-0.25, -0.2) is 0 Å². The van der Waals surface area contributed by atoms with Crippen molar-refractivity contribution < 1.29 is 23.7 Å². The molecule has 4 nitrogen and oxygen atoms in total. The fourth-order valence-corrected chi connectivity index (χ4v) is 1.96. The van der Waals surface area contributed by atoms with Crippen molar-refractivity contribution >= 4 is 5.69 Å². The zero-order chi connectivity index (χ0) is 15.4. The molecule has 0 spiro atoms. The average molecular weight is 295 g/mol. The number of anilines is 1. The third kappa shape index (κ3) is 4.24. The molecule has 1 atom stereocenters. The van der Waals surface area contributed by atoms with E-state index >= 15 is 0 Å². The zero-order valence-electron chi connectivity index (χ0n) is 11.3. The summed E-state index contributed by atoms with van der Waals surface area (Å²) in [5, 5.41) is 22.0. The smallest absolute Gasteiger partial charge is 0.387 e. The first-order chi connectivity index (χ1) is 9.94. The molecule has 112 valence electrons. The number of rotatable bonds is 5. The van der Waals surface area contributed by atoms with Crippen molar-refractivity contribution in [2.45, 2.75) is 19.6 Å². The average Bonchev–Trinajstić information content (AvgIpc) is 2.37. The molecule has 1 unspecified atom stereocenters. The van der Waals surface area contributed by atoms with Crippen LogP contribution >= 0.6 is 0 Å². The number of aromatic hydroxyl groups is 2. The third-order valence-corrected chi connectivity index (χ3v) is 2.87. The fourth-order valence-electron chi connectivity index (χ4n) is 1.96. The van der Waals surface area contributed by atoms with Crippen molar-refractivity contribution in [1.29, 1.82) is 0 Å². The van der Waals surface area contributed by atoms with Gasteiger partial charge in [0.2, 0.25) is 0 Å². The summed E-state index contributed by atoms with van der Waals surface area (Å²) < 4.78 is 28.7. The van der Waals surface area contributed by atoms with E-state index in [-0.39, 0.29) is 23.3 Å². The van der Waals surface area contributed by atoms with Gasteiger partial charge in [-0.3, -0.25) is 0 Å². The van der Waals surface area contributed by atoms with E-state index in [1.54, 1.807) is 12.1 Å². The Bertz CT molecular complexity index is 599. The van der Waals surface area contributed by atoms with Crippen LogP contribution in [0.3, 0.4) is 0 Å². The van der Waals surface area contributed by atoms with Crippen molar-refractivity contribution in [3.05, 3.63) is 48.0 Å². The molecular formula is C15H15F2NO3. The van der Waals surface area contributed by atoms with E-state index in [1.807, 2.05) is 6.92 Å². The van der Waals surface area contributed by atoms with Gasteiger partial charge in [0.25, 0.3) is 0 Å². The second-order valence-electron chi connectivity index (χ2n) is 4.56. The van der Waals surface area contributed by atoms with E-state index < -0.39 is 6.61 Å². The van der Waals surface area contributed by atoms with E-state index in [2.05, 4.69) is 10.1 Å². The van der Waals surface area contributed by atoms with Gasteiger partial charge in [0.15, 0.2) is 0 Å². The normalized spacial score (nSPS) is 12.2. The van der Waals surface area contributed by atoms with Crippen LogP contribution in [0.1, 0.15) is 18.5 Å². The number of hydrogen-bond donors (Lipinski definition) is 3. The van der Waals surface area contributed by atoms with Crippen LogP contribution in [-0.2, 0) is 0 Å². The second-order valence-corrected chi connectivity index (χ2v) is 4.56. The van der Waals surface area contributed by atoms with Gasteiger partial charge in [0, 0.05) is 23.9 Å². The van der Waals surface area contributed by atoms with Crippen LogP contribution in [0.5, 0.6) is 17.2 Å². The van der Waals surface area contributed by atoms with Crippen LogP contribution in [0.15, 0.2) is 42.5 Å². The SMILES string of the molecule is CC(Nc1cccc(OC(F)F)c1)c1cc(O)cc(O)c1. The minimum atomic E-state index is -2.87. The highest BCUT2D eigenvalue weighted by Gasteiger charge is 2.10. The Kier molecular flexibility index (Phi) is 4.47. The maximum absolute atomic E-state index is 12.2. The maximum Gasteiger partial charge on any atom is 0.387 e. The van der Waals surface area contributed by atoms with E-state index in [9.17, 15) is 19.0 Å². The lowest BCUT2D eigenvalue weighted by atomic mass is 10.1. The molecule has 0 saturated heterocycles. The quantitative estimate of drug-likeness (QED) is 0.783. The van der Waals surface area contributed by atoms with Crippen molar-refractivity contribution in [3.8, 4) is 17.2 Å². The molecule has 0 aliphatic rings. The Morgan fingerprint density at radius 1 is 1.05 bits per heavy atom. The number of halogens is 2. The van der Waals surface area contributed by atoms with Crippen molar-refractivity contribution in [1.82, 2.24) is 0 Å². The highest BCUT2D eigenvalue weighted by Crippen LogP contribution is 2.28. The lowest BCUT2D eigenvalue weighted by Gasteiger charge is -2.17. The van der Waals surface area contributed by atoms with E-state index in [1.165, 1.54) is 30.3 Å². The van der Waals surface area contributed by atoms with Gasteiger partial charge in [-0.05, 0) is 36.8 Å². The summed E-state index contributed by atoms with van der Waals surface area (Å²) in [5.41, 5.74) is 1.25. The Balaban J connectivity index is 2.13. The first-order valence-electron chi connectivity index (χ1n) is 6.28. The Labute approximate surface area is 120 Å². The third-order valence-electron chi connectivity index (χ3n) is 2.87. The molecule has 6 heteroatoms. The molecule has 21 heavy (non-hydrogen) atoms. The Hall–Kier alpha value is -2.50. The summed E-state index contributed by atoms with van der Waals surface area (Å²) in [6.07, 6.45) is 0. The van der Waals surface area contributed by atoms with Crippen LogP contribution in [0, 0.1) is 0 Å². The second kappa shape index (κ2) is 6.30. The molecule has 0 fully saturated rings. The molecule has 0 heterocycles. The number of ether oxygens (including phenoxy) is 1. The summed E-state index contributed by atoms with van der Waals surface area (Å²) >= 11 is 0. The van der Waals surface area contributed by atoms with Gasteiger partial charge >= 0.3 is 6.61 Å². The molecule has 2 aromatic carbocycles. The van der Waals surface area contributed by atoms with Crippen LogP contribution in [-0.4, -0.2) is 16.8 Å². The fraction of sp³-hybridized carbons (Fsp3) is 0.200. The lowest BCUT2D eigenvalue weighted by Crippen LogP contribution is -2.07. The minimum Gasteiger partial charge on any atom is -0.508 e. The summed E-state index contributed by atoms with van der Waals surface area (Å²) in [5.74, 6) is -0.0391. The van der Waals surface area contributed by atoms with E-state index in [0.29, 0.717) is 11.3 Å². The first kappa shape index (κ1) is 14.9. The van der Waals surface area contributed by atoms with Crippen molar-refractivity contribution in [2.24, 2.45) is 0 Å². The topological polar surface area (TPSA) is 61.7 Å². The van der Waals surface area contributed by atoms with Crippen LogP contribution in [0.25, 0.3) is 0 Å². The van der Waals surface area contributed by atoms with Crippen LogP contribution in [0.4, 0.5) is 14.5 Å². The monoisotopic (exact) mass is 295 g/mol. The molecule has 0 aliphatic carbocycles. The van der Waals surface area contributed by atoms with Crippen LogP contribution in [0.2, 0.25) is 0 Å². The largest absolute Gasteiger partial charge is 0.508 e. The van der Waals surface area contributed by atoms with E-state index in [4.69, 9.17) is 0 Å². The first-order valence-corrected chi connectivity index (χ1v) is 6.28. The van der Waals surface area contributed by atoms with Gasteiger partial charge in [0.05, 0.1) is 0 Å². The summed E-state index contributed by atoms with van der Waals surface area (Å²) in [6.45, 7) is -1.06. The lowest BCUT2D eigenvalue weighted by molar-refractivity contribution is -0.0498. The van der Waals surface area contributed by atoms with Crippen molar-refractivity contribution in [2.75, 3.05) is 5.32 Å². The summed E-state index contributed by atoms with van der Waals surface area (Å²) in [7, 11) is 0. The zero-order valence-corrected chi connectivity index (χ0v) is 11.3. The number of benzene rings is 2. The molecule has 0 amide bonds. The molecular weight excluding hydrogens is 280 g/mol. The number of alkyl halides is 2. The molecule has 0 aromatic heterocycles. The number of phenolic OH excluding ortho intramolecular Hbond substituents is 2. The highest BCUT2D eigenvalue weighted by molar-refractivity contribution is 5.50. The summed E-state index contributed by atoms with van der Waals surface area (Å²) in [6, 6.07) is 10.2.